The predicted molar refractivity (Wildman–Crippen MR) is 143 cm³/mol. The minimum absolute atomic E-state index is 0.0905. The Morgan fingerprint density at radius 3 is 2.35 bits per heavy atom. The van der Waals surface area contributed by atoms with Gasteiger partial charge in [-0.3, -0.25) is 4.79 Å². The fourth-order valence-electron chi connectivity index (χ4n) is 4.32. The zero-order chi connectivity index (χ0) is 23.8. The van der Waals surface area contributed by atoms with Crippen molar-refractivity contribution in [3.63, 3.8) is 0 Å². The van der Waals surface area contributed by atoms with Crippen LogP contribution in [0.15, 0.2) is 72.3 Å². The Morgan fingerprint density at radius 2 is 1.53 bits per heavy atom. The van der Waals surface area contributed by atoms with E-state index in [-0.39, 0.29) is 5.91 Å². The quantitative estimate of drug-likeness (QED) is 0.467. The van der Waals surface area contributed by atoms with Crippen LogP contribution in [0.25, 0.3) is 0 Å². The molecule has 2 bridgehead atoms. The summed E-state index contributed by atoms with van der Waals surface area (Å²) in [5, 5.41) is 3.11. The van der Waals surface area contributed by atoms with Crippen molar-refractivity contribution < 1.29 is 9.53 Å². The van der Waals surface area contributed by atoms with Crippen LogP contribution in [0.4, 0.5) is 5.69 Å². The monoisotopic (exact) mass is 459 g/mol. The van der Waals surface area contributed by atoms with Gasteiger partial charge in [0.15, 0.2) is 0 Å². The smallest absolute Gasteiger partial charge is 0.224 e. The molecule has 1 heterocycles. The van der Waals surface area contributed by atoms with Crippen molar-refractivity contribution in [3.05, 3.63) is 83.5 Å². The third kappa shape index (κ3) is 10.4. The van der Waals surface area contributed by atoms with Crippen LogP contribution in [0, 0.1) is 0 Å². The number of hydrogen-bond donors (Lipinski definition) is 1. The average Bonchev–Trinajstić information content (AvgIpc) is 2.83. The summed E-state index contributed by atoms with van der Waals surface area (Å²) in [6.45, 7) is 2.77. The lowest BCUT2D eigenvalue weighted by Crippen LogP contribution is -2.11. The summed E-state index contributed by atoms with van der Waals surface area (Å²) in [4.78, 5) is 12.6. The lowest BCUT2D eigenvalue weighted by atomic mass is 10.0. The second kappa shape index (κ2) is 15.2. The number of nitrogens with one attached hydrogen (secondary N) is 1. The van der Waals surface area contributed by atoms with Gasteiger partial charge in [-0.2, -0.15) is 0 Å². The van der Waals surface area contributed by atoms with Gasteiger partial charge < -0.3 is 10.1 Å². The molecule has 1 aliphatic heterocycles. The number of benzene rings is 2. The van der Waals surface area contributed by atoms with E-state index in [2.05, 4.69) is 54.7 Å². The normalized spacial score (nSPS) is 19.7. The van der Waals surface area contributed by atoms with Crippen LogP contribution in [0.2, 0.25) is 0 Å². The summed E-state index contributed by atoms with van der Waals surface area (Å²) < 4.78 is 6.11. The van der Waals surface area contributed by atoms with Gasteiger partial charge in [-0.05, 0) is 88.0 Å². The summed E-state index contributed by atoms with van der Waals surface area (Å²) >= 11 is 0. The number of aryl methyl sites for hydroxylation is 1. The Labute approximate surface area is 206 Å². The number of allylic oxidation sites excluding steroid dienone is 4. The second-order valence-electron chi connectivity index (χ2n) is 9.45. The van der Waals surface area contributed by atoms with E-state index in [1.807, 2.05) is 24.3 Å². The van der Waals surface area contributed by atoms with Gasteiger partial charge in [-0.1, -0.05) is 67.0 Å². The predicted octanol–water partition coefficient (Wildman–Crippen LogP) is 8.55. The third-order valence-electron chi connectivity index (χ3n) is 6.31. The van der Waals surface area contributed by atoms with Gasteiger partial charge in [0, 0.05) is 18.2 Å². The fourth-order valence-corrected chi connectivity index (χ4v) is 4.32. The van der Waals surface area contributed by atoms with Crippen LogP contribution in [0.5, 0.6) is 5.75 Å². The number of fused-ring (bicyclic) bond motifs is 2. The molecule has 3 heteroatoms. The number of carbonyl (C=O) groups excluding carboxylic acids is 1. The topological polar surface area (TPSA) is 38.3 Å². The van der Waals surface area contributed by atoms with E-state index in [0.29, 0.717) is 13.0 Å². The highest BCUT2D eigenvalue weighted by Crippen LogP contribution is 2.24. The largest absolute Gasteiger partial charge is 0.489 e. The summed E-state index contributed by atoms with van der Waals surface area (Å²) in [6, 6.07) is 16.4. The second-order valence-corrected chi connectivity index (χ2v) is 9.45. The molecule has 0 aromatic heterocycles. The maximum Gasteiger partial charge on any atom is 0.224 e. The van der Waals surface area contributed by atoms with Crippen molar-refractivity contribution in [2.24, 2.45) is 0 Å². The molecule has 3 rings (SSSR count). The van der Waals surface area contributed by atoms with Gasteiger partial charge in [0.25, 0.3) is 0 Å². The first-order valence-corrected chi connectivity index (χ1v) is 13.1. The molecule has 3 nitrogen and oxygen atoms in total. The molecule has 1 aliphatic rings. The Morgan fingerprint density at radius 1 is 0.794 bits per heavy atom. The van der Waals surface area contributed by atoms with Crippen LogP contribution < -0.4 is 10.1 Å². The van der Waals surface area contributed by atoms with Crippen LogP contribution >= 0.6 is 0 Å². The zero-order valence-corrected chi connectivity index (χ0v) is 20.9. The fraction of sp³-hybridized carbons (Fsp3) is 0.452. The molecule has 1 N–H and O–H groups in total. The SMILES string of the molecule is C/C1=C\CCc2cc(cc(OCc3ccccc3)c2)NC(=O)CCCCCC/C=C/CCCC1. The highest BCUT2D eigenvalue weighted by Gasteiger charge is 2.07. The standard InChI is InChI=1S/C31H41NO2/c1-26-16-11-8-6-4-2-3-5-7-9-14-21-31(33)32-29-22-28(20-15-17-26)23-30(24-29)34-25-27-18-12-10-13-19-27/h2,4,10,12-13,17-19,22-24H,3,5-9,11,14-16,20-21,25H2,1H3,(H,32,33)/b4-2+,26-17+. The molecular weight excluding hydrogens is 418 g/mol. The third-order valence-corrected chi connectivity index (χ3v) is 6.31. The van der Waals surface area contributed by atoms with Crippen LogP contribution in [0.1, 0.15) is 88.7 Å². The van der Waals surface area contributed by atoms with E-state index < -0.39 is 0 Å². The van der Waals surface area contributed by atoms with Crippen molar-refractivity contribution >= 4 is 11.6 Å². The number of hydrogen-bond acceptors (Lipinski definition) is 2. The molecular formula is C31H41NO2. The van der Waals surface area contributed by atoms with E-state index in [4.69, 9.17) is 4.74 Å². The molecule has 0 atom stereocenters. The lowest BCUT2D eigenvalue weighted by Gasteiger charge is -2.13. The molecule has 2 aromatic carbocycles. The zero-order valence-electron chi connectivity index (χ0n) is 20.9. The van der Waals surface area contributed by atoms with Crippen molar-refractivity contribution in [2.45, 2.75) is 90.6 Å². The molecule has 0 unspecified atom stereocenters. The van der Waals surface area contributed by atoms with Gasteiger partial charge in [-0.15, -0.1) is 0 Å². The van der Waals surface area contributed by atoms with Crippen LogP contribution in [-0.4, -0.2) is 5.91 Å². The molecule has 0 aliphatic carbocycles. The number of anilines is 1. The minimum atomic E-state index is 0.0905. The average molecular weight is 460 g/mol. The Bertz CT molecular complexity index is 930. The molecule has 0 fully saturated rings. The summed E-state index contributed by atoms with van der Waals surface area (Å²) in [5.74, 6) is 0.899. The number of rotatable bonds is 3. The number of carbonyl (C=O) groups is 1. The van der Waals surface area contributed by atoms with E-state index >= 15 is 0 Å². The molecule has 34 heavy (non-hydrogen) atoms. The van der Waals surface area contributed by atoms with Gasteiger partial charge in [0.2, 0.25) is 5.91 Å². The van der Waals surface area contributed by atoms with Crippen molar-refractivity contribution in [1.29, 1.82) is 0 Å². The van der Waals surface area contributed by atoms with Crippen LogP contribution in [-0.2, 0) is 17.8 Å². The van der Waals surface area contributed by atoms with Gasteiger partial charge in [0.05, 0.1) is 0 Å². The number of amides is 1. The first-order valence-electron chi connectivity index (χ1n) is 13.1. The lowest BCUT2D eigenvalue weighted by molar-refractivity contribution is -0.116. The molecule has 2 aromatic rings. The van der Waals surface area contributed by atoms with Gasteiger partial charge in [0.1, 0.15) is 12.4 Å². The molecule has 0 radical (unpaired) electrons. The number of ether oxygens (including phenoxy) is 1. The van der Waals surface area contributed by atoms with Gasteiger partial charge in [-0.25, -0.2) is 0 Å². The molecule has 1 amide bonds. The van der Waals surface area contributed by atoms with Crippen molar-refractivity contribution in [3.8, 4) is 5.75 Å². The summed E-state index contributed by atoms with van der Waals surface area (Å²) in [7, 11) is 0. The maximum atomic E-state index is 12.6. The maximum absolute atomic E-state index is 12.6. The van der Waals surface area contributed by atoms with Crippen molar-refractivity contribution in [2.75, 3.05) is 5.32 Å². The molecule has 0 saturated carbocycles. The van der Waals surface area contributed by atoms with E-state index in [9.17, 15) is 4.79 Å². The first kappa shape index (κ1) is 25.8. The van der Waals surface area contributed by atoms with Crippen molar-refractivity contribution in [1.82, 2.24) is 0 Å². The highest BCUT2D eigenvalue weighted by atomic mass is 16.5. The van der Waals surface area contributed by atoms with E-state index in [1.165, 1.54) is 49.7 Å². The Kier molecular flexibility index (Phi) is 11.5. The Hall–Kier alpha value is -2.81. The molecule has 0 saturated heterocycles. The van der Waals surface area contributed by atoms with E-state index in [0.717, 1.165) is 49.1 Å². The highest BCUT2D eigenvalue weighted by molar-refractivity contribution is 5.91. The molecule has 182 valence electrons. The van der Waals surface area contributed by atoms with Crippen LogP contribution in [0.3, 0.4) is 0 Å². The van der Waals surface area contributed by atoms with Gasteiger partial charge >= 0.3 is 0 Å². The Balaban J connectivity index is 1.67. The summed E-state index contributed by atoms with van der Waals surface area (Å²) in [6.07, 6.45) is 20.0. The van der Waals surface area contributed by atoms with E-state index in [1.54, 1.807) is 0 Å². The summed E-state index contributed by atoms with van der Waals surface area (Å²) in [5.41, 5.74) is 4.64. The minimum Gasteiger partial charge on any atom is -0.489 e. The first-order chi connectivity index (χ1) is 16.7. The molecule has 0 spiro atoms.